The van der Waals surface area contributed by atoms with Crippen LogP contribution in [0.5, 0.6) is 0 Å². The molecule has 668 valence electrons. The van der Waals surface area contributed by atoms with Crippen LogP contribution in [0, 0.1) is 5.92 Å². The molecule has 21 N–H and O–H groups in total. The molecule has 2 aliphatic heterocycles. The summed E-state index contributed by atoms with van der Waals surface area (Å²) in [4.78, 5) is 241. The number of carbonyl (C=O) groups is 17. The molecule has 38 nitrogen and oxygen atoms in total. The van der Waals surface area contributed by atoms with Crippen LogP contribution in [0.25, 0.3) is 10.8 Å². The lowest BCUT2D eigenvalue weighted by molar-refractivity contribution is -0.142. The van der Waals surface area contributed by atoms with E-state index in [0.717, 1.165) is 15.7 Å². The number of nitrogens with zero attached hydrogens (tertiary/aromatic N) is 3. The Morgan fingerprint density at radius 2 is 1.02 bits per heavy atom. The molecule has 1 unspecified atom stereocenters. The average Bonchev–Trinajstić information content (AvgIpc) is 1.76. The molecule has 39 heteroatoms. The van der Waals surface area contributed by atoms with Gasteiger partial charge in [-0.25, -0.2) is 9.59 Å². The van der Waals surface area contributed by atoms with Crippen LogP contribution in [0.2, 0.25) is 5.02 Å². The first-order valence-corrected chi connectivity index (χ1v) is 41.3. The van der Waals surface area contributed by atoms with E-state index in [2.05, 4.69) is 74.1 Å². The van der Waals surface area contributed by atoms with Gasteiger partial charge in [-0.15, -0.1) is 0 Å². The lowest BCUT2D eigenvalue weighted by Crippen LogP contribution is -2.62. The molecule has 0 aliphatic carbocycles. The van der Waals surface area contributed by atoms with Gasteiger partial charge in [-0.05, 0) is 139 Å². The van der Waals surface area contributed by atoms with E-state index in [9.17, 15) is 57.8 Å². The van der Waals surface area contributed by atoms with Gasteiger partial charge in [0.15, 0.2) is 0 Å². The van der Waals surface area contributed by atoms with Gasteiger partial charge >= 0.3 is 12.1 Å². The fourth-order valence-electron chi connectivity index (χ4n) is 14.0. The van der Waals surface area contributed by atoms with Gasteiger partial charge in [0.2, 0.25) is 88.6 Å². The number of likely N-dealkylation sites (tertiary alicyclic amines) is 1. The topological polar surface area (TPSA) is 576 Å². The number of urea groups is 2. The number of aromatic nitrogens is 1. The third kappa shape index (κ3) is 31.1. The summed E-state index contributed by atoms with van der Waals surface area (Å²) in [5.41, 5.74) is 18.5. The minimum Gasteiger partial charge on any atom is -0.394 e. The van der Waals surface area contributed by atoms with E-state index >= 15 is 28.8 Å². The normalized spacial score (nSPS) is 15.8. The highest BCUT2D eigenvalue weighted by molar-refractivity contribution is 6.30. The molecule has 0 radical (unpaired) electrons. The molecular weight excluding hydrogens is 1640 g/mol. The molecule has 2 aliphatic rings. The molecule has 5 aromatic carbocycles. The monoisotopic (exact) mass is 1740 g/mol. The smallest absolute Gasteiger partial charge is 0.322 e. The minimum absolute atomic E-state index is 0.0136. The van der Waals surface area contributed by atoms with Crippen LogP contribution in [-0.2, 0) is 104 Å². The maximum atomic E-state index is 15.6. The van der Waals surface area contributed by atoms with Gasteiger partial charge < -0.3 is 101 Å². The zero-order valence-corrected chi connectivity index (χ0v) is 70.9. The third-order valence-corrected chi connectivity index (χ3v) is 20.7. The highest BCUT2D eigenvalue weighted by Gasteiger charge is 2.41. The molecule has 2 saturated heterocycles. The number of amides is 19. The number of primary amides is 3. The maximum absolute atomic E-state index is 15.6. The number of aliphatic hydroxyl groups is 1. The summed E-state index contributed by atoms with van der Waals surface area (Å²) in [6, 6.07) is 16.1. The molecular formula is C86H109ClN20O18. The second-order valence-corrected chi connectivity index (χ2v) is 31.9. The van der Waals surface area contributed by atoms with Gasteiger partial charge in [-0.1, -0.05) is 124 Å². The number of rotatable bonds is 45. The fraction of sp³-hybridized carbons (Fsp3) is 0.419. The van der Waals surface area contributed by atoms with E-state index in [1.165, 1.54) is 79.7 Å². The van der Waals surface area contributed by atoms with E-state index in [1.807, 2.05) is 55.6 Å². The molecule has 8 rings (SSSR count). The quantitative estimate of drug-likeness (QED) is 0.0221. The molecule has 0 spiro atoms. The fourth-order valence-corrected chi connectivity index (χ4v) is 14.1. The molecule has 1 aromatic heterocycles. The van der Waals surface area contributed by atoms with Crippen molar-refractivity contribution >= 4 is 134 Å². The number of hydrogen-bond acceptors (Lipinski definition) is 20. The highest BCUT2D eigenvalue weighted by atomic mass is 35.5. The number of fused-ring (bicyclic) bond motifs is 1. The summed E-state index contributed by atoms with van der Waals surface area (Å²) in [5.74, 6) is -13.4. The van der Waals surface area contributed by atoms with Crippen molar-refractivity contribution in [2.75, 3.05) is 43.4 Å². The Morgan fingerprint density at radius 1 is 0.536 bits per heavy atom. The number of benzene rings is 5. The number of carbonyl (C=O) groups excluding carboxylic acids is 17. The van der Waals surface area contributed by atoms with Crippen LogP contribution in [0.15, 0.2) is 140 Å². The first kappa shape index (κ1) is 97.0. The molecule has 6 aromatic rings. The number of nitrogens with two attached hydrogens (primary N) is 3. The summed E-state index contributed by atoms with van der Waals surface area (Å²) in [5, 5.41) is 50.3. The molecule has 0 bridgehead atoms. The van der Waals surface area contributed by atoms with Crippen molar-refractivity contribution in [3.05, 3.63) is 173 Å². The molecule has 11 atom stereocenters. The second kappa shape index (κ2) is 47.2. The van der Waals surface area contributed by atoms with E-state index in [-0.39, 0.29) is 79.5 Å². The van der Waals surface area contributed by atoms with E-state index in [4.69, 9.17) is 28.8 Å². The second-order valence-electron chi connectivity index (χ2n) is 31.5. The Hall–Kier alpha value is -13.5. The predicted molar refractivity (Wildman–Crippen MR) is 460 cm³/mol. The van der Waals surface area contributed by atoms with Gasteiger partial charge in [-0.2, -0.15) is 0 Å². The lowest BCUT2D eigenvalue weighted by atomic mass is 9.99. The highest BCUT2D eigenvalue weighted by Crippen LogP contribution is 2.24. The van der Waals surface area contributed by atoms with E-state index in [0.29, 0.717) is 47.5 Å². The molecule has 3 heterocycles. The van der Waals surface area contributed by atoms with Crippen molar-refractivity contribution in [1.29, 1.82) is 0 Å². The molecule has 125 heavy (non-hydrogen) atoms. The average molecular weight is 1750 g/mol. The van der Waals surface area contributed by atoms with Crippen molar-refractivity contribution in [2.24, 2.45) is 23.1 Å². The molecule has 2 fully saturated rings. The number of unbranched alkanes of at least 4 members (excludes halogenated alkanes) is 1. The summed E-state index contributed by atoms with van der Waals surface area (Å²) >= 11 is 6.28. The van der Waals surface area contributed by atoms with Gasteiger partial charge in [0, 0.05) is 80.4 Å². The molecule has 0 saturated carbocycles. The van der Waals surface area contributed by atoms with Crippen molar-refractivity contribution in [1.82, 2.24) is 78.6 Å². The standard InChI is InChI=1S/C86H109ClN20O18/c1-47(2)35-62(76(115)97-61(16-9-10-33-92-48(3)4)84(123)107-34-12-17-70(107)83(122)93-49(5)74(90)113)98-78(117)65(38-53-23-30-60(31-24-53)96-86(125)106(44-71(88)110)45-72(89)111)100-80(119)66(39-52-21-28-59(29-22-52)95-75(114)68-42-73(112)105-85(124)104-68)102-82(121)69(46-108)103-81(120)67(41-55-13-11-32-91-43-55)101-79(118)64(37-51-19-26-58(87)27-20-51)99-77(116)63(94-50(6)109)40-54-18-25-56-14-7-8-15-57(56)36-54/h7-8,11,13-15,18-32,36,43,47-49,61-70,92,108H,9-10,12,16-17,33-35,37-42,44-46H2,1-6H3,(H2,88,110)(H2,89,111)(H2,90,113)(H,93,122)(H,94,109)(H,95,114)(H,96,125)(H,97,115)(H,98,117)(H,99,116)(H,100,119)(H,101,118)(H,102,121)(H,103,120)(H2,104,105,112,124)/t49-,61+,62+,63-,64-,65-,66+,67-,68?,69+,70+/m1/s1. The van der Waals surface area contributed by atoms with Crippen LogP contribution < -0.4 is 91.6 Å². The number of aliphatic hydroxyl groups excluding tert-OH is 1. The first-order chi connectivity index (χ1) is 59.5. The van der Waals surface area contributed by atoms with Gasteiger partial charge in [0.05, 0.1) is 13.0 Å². The Bertz CT molecular complexity index is 4840. The summed E-state index contributed by atoms with van der Waals surface area (Å²) < 4.78 is 0. The van der Waals surface area contributed by atoms with Gasteiger partial charge in [0.25, 0.3) is 0 Å². The van der Waals surface area contributed by atoms with Crippen LogP contribution in [0.3, 0.4) is 0 Å². The summed E-state index contributed by atoms with van der Waals surface area (Å²) in [6.45, 7) is 8.14. The predicted octanol–water partition coefficient (Wildman–Crippen LogP) is -0.171. The number of imide groups is 1. The minimum atomic E-state index is -1.97. The SMILES string of the molecule is CC(=O)N[C@H](Cc1ccc2ccccc2c1)C(=O)N[C@H](Cc1ccc(Cl)cc1)C(=O)N[C@H](Cc1cccnc1)C(=O)N[C@@H](CO)C(=O)N[C@@H](Cc1ccc(NC(=O)C2CC(=O)NC(=O)N2)cc1)C(=O)N[C@H](Cc1ccc(NC(=O)N(CC(N)=O)CC(N)=O)cc1)C(=O)N[C@@H](CC(C)C)C(=O)N[C@@H](CCCCNC(C)C)C(=O)N1CCC[C@H]1C(=O)N[C@H](C)C(N)=O. The number of hydrogen-bond donors (Lipinski definition) is 18. The van der Waals surface area contributed by atoms with Crippen molar-refractivity contribution in [3.8, 4) is 0 Å². The Morgan fingerprint density at radius 3 is 1.52 bits per heavy atom. The Balaban J connectivity index is 1.13. The number of halogens is 1. The van der Waals surface area contributed by atoms with Crippen LogP contribution in [0.1, 0.15) is 114 Å². The van der Waals surface area contributed by atoms with E-state index < -0.39 is 206 Å². The lowest BCUT2D eigenvalue weighted by Gasteiger charge is -2.31. The van der Waals surface area contributed by atoms with Gasteiger partial charge in [-0.3, -0.25) is 82.2 Å². The Kier molecular flexibility index (Phi) is 36.6. The van der Waals surface area contributed by atoms with Gasteiger partial charge in [0.1, 0.15) is 79.5 Å². The van der Waals surface area contributed by atoms with Crippen LogP contribution >= 0.6 is 11.6 Å². The third-order valence-electron chi connectivity index (χ3n) is 20.4. The number of nitrogens with one attached hydrogen (secondary N) is 14. The number of pyridine rings is 1. The zero-order valence-electron chi connectivity index (χ0n) is 70.1. The van der Waals surface area contributed by atoms with Crippen molar-refractivity contribution < 1.29 is 86.6 Å². The zero-order chi connectivity index (χ0) is 91.1. The first-order valence-electron chi connectivity index (χ1n) is 40.9. The van der Waals surface area contributed by atoms with Crippen LogP contribution in [0.4, 0.5) is 21.0 Å². The largest absolute Gasteiger partial charge is 0.394 e. The van der Waals surface area contributed by atoms with Crippen molar-refractivity contribution in [2.45, 2.75) is 191 Å². The summed E-state index contributed by atoms with van der Waals surface area (Å²) in [6.07, 6.45) is 2.55. The molecule has 19 amide bonds. The summed E-state index contributed by atoms with van der Waals surface area (Å²) in [7, 11) is 0. The van der Waals surface area contributed by atoms with Crippen LogP contribution in [-0.4, -0.2) is 226 Å². The Labute approximate surface area is 726 Å². The number of anilines is 2. The maximum Gasteiger partial charge on any atom is 0.322 e. The van der Waals surface area contributed by atoms with E-state index in [1.54, 1.807) is 56.3 Å². The van der Waals surface area contributed by atoms with Crippen molar-refractivity contribution in [3.63, 3.8) is 0 Å².